The lowest BCUT2D eigenvalue weighted by atomic mass is 10.1. The Morgan fingerprint density at radius 3 is 2.50 bits per heavy atom. The first-order valence-corrected chi connectivity index (χ1v) is 7.20. The van der Waals surface area contributed by atoms with E-state index in [0.717, 1.165) is 25.8 Å². The van der Waals surface area contributed by atoms with Crippen molar-refractivity contribution >= 4 is 5.97 Å². The minimum absolute atomic E-state index is 0.225. The Hall–Kier alpha value is -0.610. The molecular formula is C14H27NO3. The Labute approximate surface area is 110 Å². The summed E-state index contributed by atoms with van der Waals surface area (Å²) in [7, 11) is 1.43. The Bertz CT molecular complexity index is 225. The SMILES string of the molecule is CCCNC(COC1CCCCCC1)C(=O)OC. The van der Waals surface area contributed by atoms with Crippen molar-refractivity contribution < 1.29 is 14.3 Å². The van der Waals surface area contributed by atoms with Crippen molar-refractivity contribution in [1.82, 2.24) is 5.32 Å². The van der Waals surface area contributed by atoms with E-state index in [4.69, 9.17) is 9.47 Å². The van der Waals surface area contributed by atoms with E-state index < -0.39 is 0 Å². The molecule has 106 valence electrons. The number of hydrogen-bond acceptors (Lipinski definition) is 4. The van der Waals surface area contributed by atoms with Crippen molar-refractivity contribution in [3.63, 3.8) is 0 Å². The quantitative estimate of drug-likeness (QED) is 0.561. The molecule has 0 aromatic heterocycles. The third-order valence-electron chi connectivity index (χ3n) is 3.43. The molecule has 1 saturated carbocycles. The molecular weight excluding hydrogens is 230 g/mol. The molecule has 0 radical (unpaired) electrons. The summed E-state index contributed by atoms with van der Waals surface area (Å²) < 4.78 is 10.7. The molecule has 1 fully saturated rings. The Balaban J connectivity index is 2.32. The molecule has 0 saturated heterocycles. The molecule has 0 aromatic rings. The lowest BCUT2D eigenvalue weighted by Gasteiger charge is -2.20. The number of carbonyl (C=O) groups excluding carboxylic acids is 1. The van der Waals surface area contributed by atoms with Gasteiger partial charge in [0.1, 0.15) is 6.04 Å². The first-order valence-electron chi connectivity index (χ1n) is 7.20. The van der Waals surface area contributed by atoms with Crippen molar-refractivity contribution in [2.75, 3.05) is 20.3 Å². The van der Waals surface area contributed by atoms with Crippen LogP contribution >= 0.6 is 0 Å². The monoisotopic (exact) mass is 257 g/mol. The molecule has 1 N–H and O–H groups in total. The van der Waals surface area contributed by atoms with Crippen LogP contribution in [0.4, 0.5) is 0 Å². The highest BCUT2D eigenvalue weighted by Gasteiger charge is 2.21. The van der Waals surface area contributed by atoms with Gasteiger partial charge in [-0.2, -0.15) is 0 Å². The van der Waals surface area contributed by atoms with Gasteiger partial charge in [-0.15, -0.1) is 0 Å². The van der Waals surface area contributed by atoms with Crippen LogP contribution in [0.3, 0.4) is 0 Å². The van der Waals surface area contributed by atoms with Crippen molar-refractivity contribution in [3.8, 4) is 0 Å². The fraction of sp³-hybridized carbons (Fsp3) is 0.929. The molecule has 18 heavy (non-hydrogen) atoms. The van der Waals surface area contributed by atoms with Crippen LogP contribution < -0.4 is 5.32 Å². The van der Waals surface area contributed by atoms with Gasteiger partial charge in [0.2, 0.25) is 0 Å². The van der Waals surface area contributed by atoms with Crippen LogP contribution in [-0.2, 0) is 14.3 Å². The highest BCUT2D eigenvalue weighted by Crippen LogP contribution is 2.19. The smallest absolute Gasteiger partial charge is 0.325 e. The molecule has 4 nitrogen and oxygen atoms in total. The summed E-state index contributed by atoms with van der Waals surface area (Å²) in [5.41, 5.74) is 0. The summed E-state index contributed by atoms with van der Waals surface area (Å²) in [6.45, 7) is 3.32. The predicted molar refractivity (Wildman–Crippen MR) is 71.5 cm³/mol. The van der Waals surface area contributed by atoms with Crippen molar-refractivity contribution in [3.05, 3.63) is 0 Å². The van der Waals surface area contributed by atoms with Gasteiger partial charge < -0.3 is 14.8 Å². The van der Waals surface area contributed by atoms with Crippen LogP contribution in [-0.4, -0.2) is 38.4 Å². The van der Waals surface area contributed by atoms with Crippen LogP contribution in [0, 0.1) is 0 Å². The largest absolute Gasteiger partial charge is 0.468 e. The highest BCUT2D eigenvalue weighted by molar-refractivity contribution is 5.75. The third kappa shape index (κ3) is 5.83. The molecule has 0 bridgehead atoms. The van der Waals surface area contributed by atoms with Gasteiger partial charge in [0.05, 0.1) is 19.8 Å². The summed E-state index contributed by atoms with van der Waals surface area (Å²) in [5, 5.41) is 3.18. The zero-order valence-electron chi connectivity index (χ0n) is 11.7. The van der Waals surface area contributed by atoms with Crippen LogP contribution in [0.1, 0.15) is 51.9 Å². The molecule has 0 aromatic carbocycles. The number of nitrogens with one attached hydrogen (secondary N) is 1. The van der Waals surface area contributed by atoms with Crippen molar-refractivity contribution in [2.24, 2.45) is 0 Å². The van der Waals surface area contributed by atoms with Gasteiger partial charge in [-0.25, -0.2) is 0 Å². The van der Waals surface area contributed by atoms with Crippen LogP contribution in [0.15, 0.2) is 0 Å². The maximum absolute atomic E-state index is 11.6. The summed E-state index contributed by atoms with van der Waals surface area (Å²) in [6.07, 6.45) is 8.69. The van der Waals surface area contributed by atoms with Gasteiger partial charge in [0.25, 0.3) is 0 Å². The topological polar surface area (TPSA) is 47.6 Å². The molecule has 0 spiro atoms. The molecule has 1 aliphatic carbocycles. The first-order chi connectivity index (χ1) is 8.77. The fourth-order valence-corrected chi connectivity index (χ4v) is 2.31. The average Bonchev–Trinajstić information content (AvgIpc) is 2.66. The second-order valence-electron chi connectivity index (χ2n) is 4.98. The van der Waals surface area contributed by atoms with Gasteiger partial charge in [-0.3, -0.25) is 4.79 Å². The van der Waals surface area contributed by atoms with E-state index in [0.29, 0.717) is 12.7 Å². The Morgan fingerprint density at radius 1 is 1.28 bits per heavy atom. The number of carbonyl (C=O) groups is 1. The second-order valence-corrected chi connectivity index (χ2v) is 4.98. The van der Waals surface area contributed by atoms with E-state index in [1.54, 1.807) is 0 Å². The van der Waals surface area contributed by atoms with Gasteiger partial charge in [0, 0.05) is 0 Å². The molecule has 0 heterocycles. The number of methoxy groups -OCH3 is 1. The maximum Gasteiger partial charge on any atom is 0.325 e. The zero-order valence-corrected chi connectivity index (χ0v) is 11.7. The lowest BCUT2D eigenvalue weighted by molar-refractivity contribution is -0.145. The van der Waals surface area contributed by atoms with Crippen molar-refractivity contribution in [2.45, 2.75) is 64.0 Å². The number of rotatable bonds is 7. The summed E-state index contributed by atoms with van der Waals surface area (Å²) in [5.74, 6) is -0.225. The Kier molecular flexibility index (Phi) is 8.01. The fourth-order valence-electron chi connectivity index (χ4n) is 2.31. The molecule has 1 unspecified atom stereocenters. The van der Waals surface area contributed by atoms with E-state index in [9.17, 15) is 4.79 Å². The molecule has 0 aliphatic heterocycles. The Morgan fingerprint density at radius 2 is 1.94 bits per heavy atom. The second kappa shape index (κ2) is 9.34. The van der Waals surface area contributed by atoms with Gasteiger partial charge in [-0.05, 0) is 25.8 Å². The third-order valence-corrected chi connectivity index (χ3v) is 3.43. The summed E-state index contributed by atoms with van der Waals surface area (Å²) in [4.78, 5) is 11.6. The van der Waals surface area contributed by atoms with Crippen LogP contribution in [0.2, 0.25) is 0 Å². The lowest BCUT2D eigenvalue weighted by Crippen LogP contribution is -2.42. The molecule has 4 heteroatoms. The van der Waals surface area contributed by atoms with Crippen molar-refractivity contribution in [1.29, 1.82) is 0 Å². The molecule has 0 amide bonds. The summed E-state index contributed by atoms with van der Waals surface area (Å²) in [6, 6.07) is -0.321. The minimum atomic E-state index is -0.321. The van der Waals surface area contributed by atoms with Crippen LogP contribution in [0.25, 0.3) is 0 Å². The van der Waals surface area contributed by atoms with E-state index in [2.05, 4.69) is 12.2 Å². The predicted octanol–water partition coefficient (Wildman–Crippen LogP) is 2.27. The average molecular weight is 257 g/mol. The first kappa shape index (κ1) is 15.4. The number of ether oxygens (including phenoxy) is 2. The highest BCUT2D eigenvalue weighted by atomic mass is 16.5. The summed E-state index contributed by atoms with van der Waals surface area (Å²) >= 11 is 0. The van der Waals surface area contributed by atoms with Gasteiger partial charge >= 0.3 is 5.97 Å². The van der Waals surface area contributed by atoms with Crippen LogP contribution in [0.5, 0.6) is 0 Å². The molecule has 1 atom stereocenters. The standard InChI is InChI=1S/C14H27NO3/c1-3-10-15-13(14(16)17-2)11-18-12-8-6-4-5-7-9-12/h12-13,15H,3-11H2,1-2H3. The van der Waals surface area contributed by atoms with E-state index in [1.807, 2.05) is 0 Å². The minimum Gasteiger partial charge on any atom is -0.468 e. The normalized spacial score (nSPS) is 19.2. The number of hydrogen-bond donors (Lipinski definition) is 1. The maximum atomic E-state index is 11.6. The molecule has 1 aliphatic rings. The van der Waals surface area contributed by atoms with Gasteiger partial charge in [-0.1, -0.05) is 32.6 Å². The van der Waals surface area contributed by atoms with Gasteiger partial charge in [0.15, 0.2) is 0 Å². The zero-order chi connectivity index (χ0) is 13.2. The van der Waals surface area contributed by atoms with E-state index >= 15 is 0 Å². The molecule has 1 rings (SSSR count). The van der Waals surface area contributed by atoms with E-state index in [1.165, 1.54) is 32.8 Å². The number of esters is 1. The van der Waals surface area contributed by atoms with E-state index in [-0.39, 0.29) is 12.0 Å².